The molecule has 1 aliphatic heterocycles. The van der Waals surface area contributed by atoms with Crippen molar-refractivity contribution < 1.29 is 9.53 Å². The number of carbonyl (C=O) groups excluding carboxylic acids is 1. The summed E-state index contributed by atoms with van der Waals surface area (Å²) in [6.07, 6.45) is 0. The van der Waals surface area contributed by atoms with Gasteiger partial charge in [0.1, 0.15) is 6.04 Å². The summed E-state index contributed by atoms with van der Waals surface area (Å²) in [5.41, 5.74) is 0.770. The molecule has 1 N–H and O–H groups in total. The Kier molecular flexibility index (Phi) is 5.05. The van der Waals surface area contributed by atoms with E-state index in [0.29, 0.717) is 10.0 Å². The molecule has 1 aromatic rings. The molecule has 1 heterocycles. The Morgan fingerprint density at radius 2 is 1.84 bits per heavy atom. The quantitative estimate of drug-likeness (QED) is 0.869. The van der Waals surface area contributed by atoms with E-state index in [0.717, 1.165) is 31.7 Å². The molecule has 0 amide bonds. The minimum Gasteiger partial charge on any atom is -0.468 e. The van der Waals surface area contributed by atoms with Crippen molar-refractivity contribution in [1.29, 1.82) is 0 Å². The Morgan fingerprint density at radius 3 is 2.37 bits per heavy atom. The van der Waals surface area contributed by atoms with Gasteiger partial charge in [0.05, 0.1) is 7.11 Å². The van der Waals surface area contributed by atoms with Crippen LogP contribution in [0.5, 0.6) is 0 Å². The molecule has 1 saturated heterocycles. The average Bonchev–Trinajstić information content (AvgIpc) is 2.39. The summed E-state index contributed by atoms with van der Waals surface area (Å²) in [6.45, 7) is 3.26. The zero-order chi connectivity index (χ0) is 13.8. The average molecular weight is 303 g/mol. The lowest BCUT2D eigenvalue weighted by Gasteiger charge is -2.33. The molecule has 1 unspecified atom stereocenters. The van der Waals surface area contributed by atoms with Crippen molar-refractivity contribution in [3.8, 4) is 0 Å². The second-order valence-corrected chi connectivity index (χ2v) is 5.29. The van der Waals surface area contributed by atoms with Crippen LogP contribution in [0.1, 0.15) is 11.6 Å². The minimum absolute atomic E-state index is 0.291. The van der Waals surface area contributed by atoms with Gasteiger partial charge in [0.15, 0.2) is 0 Å². The molecule has 0 aromatic heterocycles. The molecule has 1 atom stereocenters. The highest BCUT2D eigenvalue weighted by Gasteiger charge is 2.29. The number of carbonyl (C=O) groups is 1. The van der Waals surface area contributed by atoms with Crippen LogP contribution in [0.15, 0.2) is 18.2 Å². The molecule has 104 valence electrons. The lowest BCUT2D eigenvalue weighted by Crippen LogP contribution is -2.47. The zero-order valence-corrected chi connectivity index (χ0v) is 12.2. The van der Waals surface area contributed by atoms with Crippen molar-refractivity contribution in [1.82, 2.24) is 10.2 Å². The van der Waals surface area contributed by atoms with Crippen LogP contribution in [0, 0.1) is 0 Å². The Hall–Kier alpha value is -0.810. The van der Waals surface area contributed by atoms with E-state index in [1.807, 2.05) is 0 Å². The van der Waals surface area contributed by atoms with Crippen molar-refractivity contribution in [2.75, 3.05) is 33.3 Å². The SMILES string of the molecule is COC(=O)C(c1cc(Cl)cc(Cl)c1)N1CCNCC1. The molecule has 0 spiro atoms. The van der Waals surface area contributed by atoms with Crippen molar-refractivity contribution in [3.63, 3.8) is 0 Å². The molecule has 0 radical (unpaired) electrons. The maximum atomic E-state index is 12.1. The second-order valence-electron chi connectivity index (χ2n) is 4.41. The van der Waals surface area contributed by atoms with Crippen molar-refractivity contribution in [2.45, 2.75) is 6.04 Å². The molecule has 19 heavy (non-hydrogen) atoms. The van der Waals surface area contributed by atoms with Crippen molar-refractivity contribution in [3.05, 3.63) is 33.8 Å². The van der Waals surface area contributed by atoms with E-state index in [9.17, 15) is 4.79 Å². The first kappa shape index (κ1) is 14.6. The van der Waals surface area contributed by atoms with Gasteiger partial charge in [-0.3, -0.25) is 4.90 Å². The number of methoxy groups -OCH3 is 1. The fourth-order valence-corrected chi connectivity index (χ4v) is 2.82. The highest BCUT2D eigenvalue weighted by molar-refractivity contribution is 6.34. The van der Waals surface area contributed by atoms with Crippen LogP contribution in [0.25, 0.3) is 0 Å². The van der Waals surface area contributed by atoms with Crippen LogP contribution in [-0.4, -0.2) is 44.2 Å². The summed E-state index contributed by atoms with van der Waals surface area (Å²) in [4.78, 5) is 14.1. The van der Waals surface area contributed by atoms with Gasteiger partial charge in [0, 0.05) is 36.2 Å². The molecule has 1 aliphatic rings. The van der Waals surface area contributed by atoms with Crippen molar-refractivity contribution in [2.24, 2.45) is 0 Å². The molecule has 6 heteroatoms. The van der Waals surface area contributed by atoms with E-state index in [-0.39, 0.29) is 5.97 Å². The summed E-state index contributed by atoms with van der Waals surface area (Å²) < 4.78 is 4.91. The van der Waals surface area contributed by atoms with Gasteiger partial charge < -0.3 is 10.1 Å². The van der Waals surface area contributed by atoms with Crippen LogP contribution in [0.3, 0.4) is 0 Å². The predicted octanol–water partition coefficient (Wildman–Crippen LogP) is 2.11. The molecular formula is C13H16Cl2N2O2. The number of nitrogens with one attached hydrogen (secondary N) is 1. The fourth-order valence-electron chi connectivity index (χ4n) is 2.28. The third-order valence-electron chi connectivity index (χ3n) is 3.14. The molecule has 4 nitrogen and oxygen atoms in total. The fraction of sp³-hybridized carbons (Fsp3) is 0.462. The molecule has 0 aliphatic carbocycles. The highest BCUT2D eigenvalue weighted by Crippen LogP contribution is 2.28. The monoisotopic (exact) mass is 302 g/mol. The molecule has 0 bridgehead atoms. The van der Waals surface area contributed by atoms with Gasteiger partial charge in [0.25, 0.3) is 0 Å². The second kappa shape index (κ2) is 6.57. The van der Waals surface area contributed by atoms with Gasteiger partial charge >= 0.3 is 5.97 Å². The normalized spacial score (nSPS) is 18.1. The van der Waals surface area contributed by atoms with E-state index < -0.39 is 6.04 Å². The van der Waals surface area contributed by atoms with Crippen LogP contribution >= 0.6 is 23.2 Å². The molecule has 0 saturated carbocycles. The third-order valence-corrected chi connectivity index (χ3v) is 3.58. The van der Waals surface area contributed by atoms with E-state index in [4.69, 9.17) is 27.9 Å². The van der Waals surface area contributed by atoms with Gasteiger partial charge in [-0.25, -0.2) is 4.79 Å². The number of halogens is 2. The Balaban J connectivity index is 2.33. The Morgan fingerprint density at radius 1 is 1.26 bits per heavy atom. The number of esters is 1. The molecular weight excluding hydrogens is 287 g/mol. The van der Waals surface area contributed by atoms with Crippen LogP contribution in [0.4, 0.5) is 0 Å². The first-order chi connectivity index (χ1) is 9.11. The summed E-state index contributed by atoms with van der Waals surface area (Å²) in [5, 5.41) is 4.29. The van der Waals surface area contributed by atoms with Crippen LogP contribution in [-0.2, 0) is 9.53 Å². The number of hydrogen-bond acceptors (Lipinski definition) is 4. The summed E-state index contributed by atoms with van der Waals surface area (Å²) >= 11 is 12.0. The van der Waals surface area contributed by atoms with E-state index in [2.05, 4.69) is 10.2 Å². The number of piperazine rings is 1. The summed E-state index contributed by atoms with van der Waals surface area (Å²) in [5.74, 6) is -0.291. The standard InChI is InChI=1S/C13H16Cl2N2O2/c1-19-13(18)12(17-4-2-16-3-5-17)9-6-10(14)8-11(15)7-9/h6-8,12,16H,2-5H2,1H3. The number of ether oxygens (including phenoxy) is 1. The van der Waals surface area contributed by atoms with E-state index >= 15 is 0 Å². The third kappa shape index (κ3) is 3.60. The number of nitrogens with zero attached hydrogens (tertiary/aromatic N) is 1. The lowest BCUT2D eigenvalue weighted by molar-refractivity contribution is -0.147. The van der Waals surface area contributed by atoms with Gasteiger partial charge in [-0.05, 0) is 23.8 Å². The number of hydrogen-bond donors (Lipinski definition) is 1. The summed E-state index contributed by atoms with van der Waals surface area (Å²) in [7, 11) is 1.39. The van der Waals surface area contributed by atoms with Gasteiger partial charge in [-0.1, -0.05) is 23.2 Å². The van der Waals surface area contributed by atoms with Gasteiger partial charge in [-0.2, -0.15) is 0 Å². The maximum absolute atomic E-state index is 12.1. The first-order valence-corrected chi connectivity index (χ1v) is 6.86. The smallest absolute Gasteiger partial charge is 0.327 e. The zero-order valence-electron chi connectivity index (χ0n) is 10.7. The number of rotatable bonds is 3. The van der Waals surface area contributed by atoms with Crippen molar-refractivity contribution >= 4 is 29.2 Å². The number of benzene rings is 1. The minimum atomic E-state index is -0.455. The molecule has 2 rings (SSSR count). The Labute approximate surface area is 122 Å². The van der Waals surface area contributed by atoms with E-state index in [1.54, 1.807) is 18.2 Å². The largest absolute Gasteiger partial charge is 0.468 e. The maximum Gasteiger partial charge on any atom is 0.327 e. The van der Waals surface area contributed by atoms with Crippen LogP contribution < -0.4 is 5.32 Å². The van der Waals surface area contributed by atoms with Crippen LogP contribution in [0.2, 0.25) is 10.0 Å². The lowest BCUT2D eigenvalue weighted by atomic mass is 10.0. The first-order valence-electron chi connectivity index (χ1n) is 6.10. The molecule has 1 aromatic carbocycles. The van der Waals surface area contributed by atoms with Gasteiger partial charge in [-0.15, -0.1) is 0 Å². The summed E-state index contributed by atoms with van der Waals surface area (Å²) in [6, 6.07) is 4.72. The molecule has 1 fully saturated rings. The Bertz CT molecular complexity index is 442. The highest BCUT2D eigenvalue weighted by atomic mass is 35.5. The topological polar surface area (TPSA) is 41.6 Å². The van der Waals surface area contributed by atoms with E-state index in [1.165, 1.54) is 7.11 Å². The van der Waals surface area contributed by atoms with Gasteiger partial charge in [0.2, 0.25) is 0 Å². The predicted molar refractivity (Wildman–Crippen MR) is 75.7 cm³/mol.